The predicted octanol–water partition coefficient (Wildman–Crippen LogP) is -0.797. The zero-order chi connectivity index (χ0) is 11.0. The Hall–Kier alpha value is -0.880. The van der Waals surface area contributed by atoms with Gasteiger partial charge in [-0.1, -0.05) is 6.08 Å². The number of nitrogens with two attached hydrogens (primary N) is 1. The normalized spacial score (nSPS) is 43.3. The smallest absolute Gasteiger partial charge is 0.259 e. The molecule has 1 amide bonds. The molecule has 0 aromatic carbocycles. The Kier molecular flexibility index (Phi) is 1.42. The van der Waals surface area contributed by atoms with Gasteiger partial charge in [0.2, 0.25) is 10.0 Å². The summed E-state index contributed by atoms with van der Waals surface area (Å²) in [5.74, 6) is -0.650. The fraction of sp³-hybridized carbons (Fsp3) is 0.667. The minimum Gasteiger partial charge on any atom is -0.315 e. The van der Waals surface area contributed by atoms with E-state index in [1.165, 1.54) is 0 Å². The highest BCUT2D eigenvalue weighted by Crippen LogP contribution is 2.58. The van der Waals surface area contributed by atoms with Crippen molar-refractivity contribution in [1.82, 2.24) is 4.31 Å². The zero-order valence-corrected chi connectivity index (χ0v) is 8.90. The maximum absolute atomic E-state index is 11.8. The van der Waals surface area contributed by atoms with Crippen LogP contribution in [0.3, 0.4) is 0 Å². The molecule has 1 saturated heterocycles. The number of amides is 1. The molecule has 3 atom stereocenters. The van der Waals surface area contributed by atoms with Crippen LogP contribution in [0.5, 0.6) is 0 Å². The number of nitrogens with zero attached hydrogens (tertiary/aromatic N) is 1. The van der Waals surface area contributed by atoms with E-state index in [-0.39, 0.29) is 17.2 Å². The number of rotatable bonds is 3. The number of fused-ring (bicyclic) bond motifs is 1. The fourth-order valence-electron chi connectivity index (χ4n) is 2.40. The topological polar surface area (TPSA) is 80.5 Å². The lowest BCUT2D eigenvalue weighted by atomic mass is 10.1. The highest BCUT2D eigenvalue weighted by molar-refractivity contribution is 7.90. The third-order valence-electron chi connectivity index (χ3n) is 3.57. The minimum atomic E-state index is -3.41. The van der Waals surface area contributed by atoms with E-state index < -0.39 is 21.5 Å². The highest BCUT2D eigenvalue weighted by Gasteiger charge is 2.82. The summed E-state index contributed by atoms with van der Waals surface area (Å²) in [6.07, 6.45) is 2.90. The predicted molar refractivity (Wildman–Crippen MR) is 53.2 cm³/mol. The van der Waals surface area contributed by atoms with Gasteiger partial charge in [0.05, 0.1) is 11.3 Å². The fourth-order valence-corrected chi connectivity index (χ4v) is 4.46. The van der Waals surface area contributed by atoms with Gasteiger partial charge in [0, 0.05) is 5.92 Å². The molecule has 0 aromatic heterocycles. The Morgan fingerprint density at radius 3 is 2.53 bits per heavy atom. The Labute approximate surface area is 88.0 Å². The summed E-state index contributed by atoms with van der Waals surface area (Å²) in [7, 11) is -3.41. The van der Waals surface area contributed by atoms with Crippen LogP contribution in [-0.2, 0) is 14.8 Å². The van der Waals surface area contributed by atoms with Gasteiger partial charge in [-0.2, -0.15) is 0 Å². The molecule has 3 rings (SSSR count). The van der Waals surface area contributed by atoms with E-state index in [9.17, 15) is 13.2 Å². The van der Waals surface area contributed by atoms with Gasteiger partial charge in [-0.3, -0.25) is 4.79 Å². The summed E-state index contributed by atoms with van der Waals surface area (Å²) in [4.78, 5) is 11.6. The maximum Gasteiger partial charge on any atom is 0.259 e. The third kappa shape index (κ3) is 0.833. The average Bonchev–Trinajstić information content (AvgIpc) is 3.03. The van der Waals surface area contributed by atoms with E-state index in [0.29, 0.717) is 12.8 Å². The summed E-state index contributed by atoms with van der Waals surface area (Å²) < 4.78 is 24.7. The molecule has 1 aliphatic heterocycles. The van der Waals surface area contributed by atoms with Crippen molar-refractivity contribution in [2.45, 2.75) is 29.7 Å². The summed E-state index contributed by atoms with van der Waals surface area (Å²) >= 11 is 0. The van der Waals surface area contributed by atoms with E-state index in [1.54, 1.807) is 6.08 Å². The molecule has 0 radical (unpaired) electrons. The van der Waals surface area contributed by atoms with Crippen molar-refractivity contribution in [3.05, 3.63) is 12.7 Å². The summed E-state index contributed by atoms with van der Waals surface area (Å²) in [5.41, 5.74) is 4.82. The lowest BCUT2D eigenvalue weighted by Crippen LogP contribution is -2.63. The summed E-state index contributed by atoms with van der Waals surface area (Å²) in [6, 6.07) is -0.354. The number of hydrogen-bond donors (Lipinski definition) is 1. The van der Waals surface area contributed by atoms with Crippen LogP contribution >= 0.6 is 0 Å². The van der Waals surface area contributed by atoms with Gasteiger partial charge in [-0.15, -0.1) is 6.58 Å². The Morgan fingerprint density at radius 2 is 2.13 bits per heavy atom. The first kappa shape index (κ1) is 9.35. The van der Waals surface area contributed by atoms with Gasteiger partial charge in [-0.25, -0.2) is 12.7 Å². The number of carbonyl (C=O) groups is 1. The van der Waals surface area contributed by atoms with Crippen molar-refractivity contribution in [3.63, 3.8) is 0 Å². The molecule has 0 spiro atoms. The molecule has 2 aliphatic carbocycles. The first-order valence-electron chi connectivity index (χ1n) is 4.94. The largest absolute Gasteiger partial charge is 0.315 e. The molecule has 1 heterocycles. The number of hydrogen-bond acceptors (Lipinski definition) is 4. The molecule has 5 nitrogen and oxygen atoms in total. The van der Waals surface area contributed by atoms with Gasteiger partial charge in [0.15, 0.2) is 0 Å². The molecule has 2 saturated carbocycles. The zero-order valence-electron chi connectivity index (χ0n) is 8.09. The van der Waals surface area contributed by atoms with Gasteiger partial charge in [0.25, 0.3) is 5.91 Å². The molecular weight excluding hydrogens is 216 g/mol. The Bertz CT molecular complexity index is 468. The molecule has 0 bridgehead atoms. The van der Waals surface area contributed by atoms with Crippen LogP contribution in [0.25, 0.3) is 0 Å². The van der Waals surface area contributed by atoms with Crippen LogP contribution in [0.15, 0.2) is 12.7 Å². The van der Waals surface area contributed by atoms with E-state index in [2.05, 4.69) is 6.58 Å². The van der Waals surface area contributed by atoms with Crippen molar-refractivity contribution in [2.75, 3.05) is 0 Å². The van der Waals surface area contributed by atoms with E-state index in [4.69, 9.17) is 5.73 Å². The van der Waals surface area contributed by atoms with Gasteiger partial charge >= 0.3 is 0 Å². The lowest BCUT2D eigenvalue weighted by molar-refractivity contribution is -0.135. The van der Waals surface area contributed by atoms with E-state index in [1.807, 2.05) is 0 Å². The second kappa shape index (κ2) is 2.27. The van der Waals surface area contributed by atoms with Crippen molar-refractivity contribution in [1.29, 1.82) is 0 Å². The minimum absolute atomic E-state index is 0.196. The number of carbonyl (C=O) groups excluding carboxylic acids is 1. The van der Waals surface area contributed by atoms with Crippen molar-refractivity contribution >= 4 is 15.9 Å². The average molecular weight is 228 g/mol. The van der Waals surface area contributed by atoms with Crippen molar-refractivity contribution in [3.8, 4) is 0 Å². The van der Waals surface area contributed by atoms with Gasteiger partial charge in [-0.05, 0) is 12.8 Å². The van der Waals surface area contributed by atoms with Crippen LogP contribution in [0.1, 0.15) is 12.8 Å². The highest BCUT2D eigenvalue weighted by atomic mass is 32.2. The molecule has 82 valence electrons. The second-order valence-electron chi connectivity index (χ2n) is 4.48. The summed E-state index contributed by atoms with van der Waals surface area (Å²) in [6.45, 7) is 3.57. The van der Waals surface area contributed by atoms with E-state index >= 15 is 0 Å². The molecule has 15 heavy (non-hydrogen) atoms. The van der Waals surface area contributed by atoms with Crippen molar-refractivity contribution in [2.24, 2.45) is 11.7 Å². The molecule has 6 heteroatoms. The molecule has 3 aliphatic rings. The monoisotopic (exact) mass is 228 g/mol. The molecule has 0 unspecified atom stereocenters. The first-order valence-corrected chi connectivity index (χ1v) is 6.45. The van der Waals surface area contributed by atoms with Gasteiger partial charge < -0.3 is 5.73 Å². The Balaban J connectivity index is 1.93. The van der Waals surface area contributed by atoms with Crippen LogP contribution in [-0.4, -0.2) is 35.5 Å². The van der Waals surface area contributed by atoms with Crippen molar-refractivity contribution < 1.29 is 13.2 Å². The number of β-lactam (4-membered cyclic amide) rings is 1. The lowest BCUT2D eigenvalue weighted by Gasteiger charge is -2.33. The third-order valence-corrected chi connectivity index (χ3v) is 5.82. The molecule has 3 fully saturated rings. The van der Waals surface area contributed by atoms with Crippen LogP contribution in [0, 0.1) is 5.92 Å². The Morgan fingerprint density at radius 1 is 1.53 bits per heavy atom. The second-order valence-corrected chi connectivity index (χ2v) is 6.57. The SMILES string of the molecule is C=C[C@@H]1[C@H]2N(S(=O)(=O)C3CC3)C(=O)[C@]12N. The summed E-state index contributed by atoms with van der Waals surface area (Å²) in [5, 5.41) is -0.350. The standard InChI is InChI=1S/C9H12N2O3S/c1-2-6-7-9(6,10)8(12)11(7)15(13,14)5-3-4-5/h2,5-7H,1,3-4,10H2/t6-,7-,9+/m1/s1. The molecular formula is C9H12N2O3S. The van der Waals surface area contributed by atoms with Crippen LogP contribution in [0.2, 0.25) is 0 Å². The quantitative estimate of drug-likeness (QED) is 0.506. The van der Waals surface area contributed by atoms with Gasteiger partial charge in [0.1, 0.15) is 5.54 Å². The van der Waals surface area contributed by atoms with E-state index in [0.717, 1.165) is 4.31 Å². The molecule has 2 N–H and O–H groups in total. The molecule has 0 aromatic rings. The maximum atomic E-state index is 11.8. The first-order chi connectivity index (χ1) is 6.95. The number of sulfonamides is 1. The van der Waals surface area contributed by atoms with Crippen LogP contribution < -0.4 is 5.73 Å². The van der Waals surface area contributed by atoms with Crippen LogP contribution in [0.4, 0.5) is 0 Å².